The minimum absolute atomic E-state index is 0.103. The highest BCUT2D eigenvalue weighted by molar-refractivity contribution is 6.32. The van der Waals surface area contributed by atoms with E-state index in [0.717, 1.165) is 25.1 Å². The van der Waals surface area contributed by atoms with Gasteiger partial charge in [0, 0.05) is 24.2 Å². The summed E-state index contributed by atoms with van der Waals surface area (Å²) >= 11 is 6.16. The molecule has 0 aliphatic carbocycles. The fraction of sp³-hybridized carbons (Fsp3) is 0.261. The number of carbonyl (C=O) groups excluding carboxylic acids is 1. The summed E-state index contributed by atoms with van der Waals surface area (Å²) in [5.41, 5.74) is 2.30. The van der Waals surface area contributed by atoms with Gasteiger partial charge in [0.05, 0.1) is 19.8 Å². The molecule has 0 radical (unpaired) electrons. The molecule has 152 valence electrons. The van der Waals surface area contributed by atoms with Gasteiger partial charge in [-0.15, -0.1) is 0 Å². The normalized spacial score (nSPS) is 14.7. The molecule has 0 bridgehead atoms. The Balaban J connectivity index is 2.07. The molecule has 1 aliphatic heterocycles. The molecule has 3 rings (SSSR count). The molecule has 0 spiro atoms. The maximum Gasteiger partial charge on any atom is 0.193 e. The van der Waals surface area contributed by atoms with E-state index < -0.39 is 0 Å². The van der Waals surface area contributed by atoms with Crippen molar-refractivity contribution in [2.45, 2.75) is 6.42 Å². The van der Waals surface area contributed by atoms with Crippen molar-refractivity contribution in [3.8, 4) is 17.2 Å². The van der Waals surface area contributed by atoms with E-state index in [4.69, 9.17) is 21.1 Å². The molecule has 0 amide bonds. The van der Waals surface area contributed by atoms with Crippen LogP contribution >= 0.6 is 11.6 Å². The number of ketones is 1. The van der Waals surface area contributed by atoms with Crippen LogP contribution < -0.4 is 9.47 Å². The van der Waals surface area contributed by atoms with Crippen molar-refractivity contribution in [3.63, 3.8) is 0 Å². The average molecular weight is 414 g/mol. The molecule has 2 aromatic carbocycles. The number of carbonyl (C=O) groups is 1. The van der Waals surface area contributed by atoms with Crippen molar-refractivity contribution in [3.05, 3.63) is 64.2 Å². The van der Waals surface area contributed by atoms with Gasteiger partial charge in [-0.2, -0.15) is 0 Å². The molecule has 1 heterocycles. The molecular formula is C23H24ClNO4. The summed E-state index contributed by atoms with van der Waals surface area (Å²) in [6.45, 7) is 1.62. The van der Waals surface area contributed by atoms with Gasteiger partial charge in [0.15, 0.2) is 5.78 Å². The number of benzene rings is 2. The van der Waals surface area contributed by atoms with Gasteiger partial charge in [-0.25, -0.2) is 0 Å². The highest BCUT2D eigenvalue weighted by Crippen LogP contribution is 2.44. The fourth-order valence-electron chi connectivity index (χ4n) is 3.35. The number of allylic oxidation sites excluding steroid dienone is 1. The first-order valence-electron chi connectivity index (χ1n) is 9.29. The maximum absolute atomic E-state index is 13.0. The Morgan fingerprint density at radius 3 is 2.55 bits per heavy atom. The van der Waals surface area contributed by atoms with E-state index in [9.17, 15) is 9.90 Å². The van der Waals surface area contributed by atoms with E-state index in [1.165, 1.54) is 20.3 Å². The first-order valence-corrected chi connectivity index (χ1v) is 9.66. The second-order valence-corrected chi connectivity index (χ2v) is 7.25. The van der Waals surface area contributed by atoms with E-state index in [0.29, 0.717) is 21.9 Å². The molecule has 0 aromatic heterocycles. The Hall–Kier alpha value is -2.76. The molecule has 1 N–H and O–H groups in total. The number of hydrogen-bond acceptors (Lipinski definition) is 5. The molecular weight excluding hydrogens is 390 g/mol. The van der Waals surface area contributed by atoms with Crippen LogP contribution in [0.5, 0.6) is 17.2 Å². The Morgan fingerprint density at radius 2 is 1.93 bits per heavy atom. The van der Waals surface area contributed by atoms with E-state index in [-0.39, 0.29) is 22.8 Å². The maximum atomic E-state index is 13.0. The molecule has 0 fully saturated rings. The number of aromatic hydroxyl groups is 1. The second-order valence-electron chi connectivity index (χ2n) is 6.84. The average Bonchev–Trinajstić information content (AvgIpc) is 2.73. The molecule has 29 heavy (non-hydrogen) atoms. The lowest BCUT2D eigenvalue weighted by molar-refractivity contribution is 0.104. The Kier molecular flexibility index (Phi) is 6.62. The van der Waals surface area contributed by atoms with Crippen LogP contribution in [0.2, 0.25) is 5.02 Å². The third kappa shape index (κ3) is 4.47. The lowest BCUT2D eigenvalue weighted by Gasteiger charge is -2.24. The van der Waals surface area contributed by atoms with Crippen molar-refractivity contribution in [2.24, 2.45) is 0 Å². The van der Waals surface area contributed by atoms with Gasteiger partial charge in [-0.05, 0) is 42.8 Å². The zero-order valence-corrected chi connectivity index (χ0v) is 17.5. The summed E-state index contributed by atoms with van der Waals surface area (Å²) in [6, 6.07) is 8.87. The minimum Gasteiger partial charge on any atom is -0.506 e. The van der Waals surface area contributed by atoms with Gasteiger partial charge in [0.1, 0.15) is 22.8 Å². The van der Waals surface area contributed by atoms with Crippen molar-refractivity contribution in [2.75, 3.05) is 34.4 Å². The van der Waals surface area contributed by atoms with Crippen LogP contribution in [-0.4, -0.2) is 50.1 Å². The van der Waals surface area contributed by atoms with Crippen molar-refractivity contribution >= 4 is 29.0 Å². The summed E-state index contributed by atoms with van der Waals surface area (Å²) in [5, 5.41) is 11.6. The standard InChI is InChI=1S/C23H24ClNO4/c1-25-12-10-16(11-13-25)21-19(28-2)14-20(29-3)22(23(21)27)18(26)9-8-15-6-4-5-7-17(15)24/h4-10,14,27H,11-13H2,1-3H3/b9-8+. The molecule has 5 nitrogen and oxygen atoms in total. The summed E-state index contributed by atoms with van der Waals surface area (Å²) in [5.74, 6) is 0.217. The van der Waals surface area contributed by atoms with Gasteiger partial charge in [0.25, 0.3) is 0 Å². The van der Waals surface area contributed by atoms with Crippen LogP contribution in [0.4, 0.5) is 0 Å². The number of ether oxygens (including phenoxy) is 2. The van der Waals surface area contributed by atoms with Crippen molar-refractivity contribution in [1.29, 1.82) is 0 Å². The molecule has 6 heteroatoms. The van der Waals surface area contributed by atoms with Crippen LogP contribution in [0, 0.1) is 0 Å². The Labute approximate surface area is 175 Å². The summed E-state index contributed by atoms with van der Waals surface area (Å²) in [6.07, 6.45) is 5.80. The predicted molar refractivity (Wildman–Crippen MR) is 116 cm³/mol. The number of phenols is 1. The van der Waals surface area contributed by atoms with Gasteiger partial charge in [-0.3, -0.25) is 4.79 Å². The molecule has 0 unspecified atom stereocenters. The Bertz CT molecular complexity index is 981. The first-order chi connectivity index (χ1) is 14.0. The van der Waals surface area contributed by atoms with Crippen LogP contribution in [0.1, 0.15) is 27.9 Å². The van der Waals surface area contributed by atoms with E-state index >= 15 is 0 Å². The predicted octanol–water partition coefficient (Wildman–Crippen LogP) is 4.68. The number of methoxy groups -OCH3 is 2. The van der Waals surface area contributed by atoms with Crippen LogP contribution in [-0.2, 0) is 0 Å². The number of likely N-dealkylation sites (N-methyl/N-ethyl adjacent to an activating group) is 1. The molecule has 2 aromatic rings. The lowest BCUT2D eigenvalue weighted by atomic mass is 9.93. The minimum atomic E-state index is -0.378. The summed E-state index contributed by atoms with van der Waals surface area (Å²) < 4.78 is 10.9. The quantitative estimate of drug-likeness (QED) is 0.550. The van der Waals surface area contributed by atoms with Crippen molar-refractivity contribution < 1.29 is 19.4 Å². The summed E-state index contributed by atoms with van der Waals surface area (Å²) in [4.78, 5) is 15.2. The number of nitrogens with zero attached hydrogens (tertiary/aromatic N) is 1. The number of hydrogen-bond donors (Lipinski definition) is 1. The SMILES string of the molecule is COc1cc(OC)c(C2=CCN(C)CC2)c(O)c1C(=O)/C=C/c1ccccc1Cl. The highest BCUT2D eigenvalue weighted by atomic mass is 35.5. The zero-order chi connectivity index (χ0) is 21.0. The lowest BCUT2D eigenvalue weighted by Crippen LogP contribution is -2.23. The number of halogens is 1. The fourth-order valence-corrected chi connectivity index (χ4v) is 3.55. The largest absolute Gasteiger partial charge is 0.506 e. The summed E-state index contributed by atoms with van der Waals surface area (Å²) in [7, 11) is 5.02. The highest BCUT2D eigenvalue weighted by Gasteiger charge is 2.26. The first kappa shape index (κ1) is 21.0. The van der Waals surface area contributed by atoms with Gasteiger partial charge >= 0.3 is 0 Å². The van der Waals surface area contributed by atoms with Gasteiger partial charge < -0.3 is 19.5 Å². The molecule has 0 saturated carbocycles. The third-order valence-electron chi connectivity index (χ3n) is 4.97. The monoisotopic (exact) mass is 413 g/mol. The topological polar surface area (TPSA) is 59.0 Å². The molecule has 1 aliphatic rings. The third-order valence-corrected chi connectivity index (χ3v) is 5.31. The molecule has 0 atom stereocenters. The van der Waals surface area contributed by atoms with Crippen LogP contribution in [0.3, 0.4) is 0 Å². The van der Waals surface area contributed by atoms with Crippen LogP contribution in [0.25, 0.3) is 11.6 Å². The number of phenolic OH excluding ortho intramolecular Hbond substituents is 1. The number of rotatable bonds is 6. The van der Waals surface area contributed by atoms with E-state index in [1.807, 2.05) is 31.3 Å². The van der Waals surface area contributed by atoms with Gasteiger partial charge in [-0.1, -0.05) is 35.9 Å². The van der Waals surface area contributed by atoms with Crippen LogP contribution in [0.15, 0.2) is 42.5 Å². The van der Waals surface area contributed by atoms with Gasteiger partial charge in [0.2, 0.25) is 0 Å². The van der Waals surface area contributed by atoms with E-state index in [1.54, 1.807) is 18.2 Å². The second kappa shape index (κ2) is 9.16. The van der Waals surface area contributed by atoms with Crippen molar-refractivity contribution in [1.82, 2.24) is 4.90 Å². The van der Waals surface area contributed by atoms with E-state index in [2.05, 4.69) is 4.90 Å². The Morgan fingerprint density at radius 1 is 1.21 bits per heavy atom. The zero-order valence-electron chi connectivity index (χ0n) is 16.7. The molecule has 0 saturated heterocycles. The smallest absolute Gasteiger partial charge is 0.193 e.